The Hall–Kier alpha value is -1.94. The molecule has 3 nitrogen and oxygen atoms in total. The van der Waals surface area contributed by atoms with E-state index in [0.717, 1.165) is 24.2 Å². The van der Waals surface area contributed by atoms with Gasteiger partial charge in [-0.2, -0.15) is 5.10 Å². The van der Waals surface area contributed by atoms with Gasteiger partial charge in [-0.05, 0) is 31.2 Å². The molecule has 0 amide bonds. The highest BCUT2D eigenvalue weighted by molar-refractivity contribution is 7.07. The number of hydrogen-bond acceptors (Lipinski definition) is 3. The monoisotopic (exact) mass is 311 g/mol. The molecule has 1 aliphatic carbocycles. The third-order valence-corrected chi connectivity index (χ3v) is 4.74. The molecule has 0 N–H and O–H groups in total. The molecule has 1 fully saturated rings. The molecular weight excluding hydrogens is 290 g/mol. The van der Waals surface area contributed by atoms with Crippen LogP contribution in [0.4, 0.5) is 0 Å². The van der Waals surface area contributed by atoms with Gasteiger partial charge in [0.05, 0.1) is 5.69 Å². The van der Waals surface area contributed by atoms with Crippen LogP contribution in [-0.4, -0.2) is 10.3 Å². The molecule has 0 unspecified atom stereocenters. The number of benzene rings is 1. The van der Waals surface area contributed by atoms with E-state index in [1.165, 1.54) is 36.2 Å². The average molecular weight is 311 g/mol. The number of hydrogen-bond donors (Lipinski definition) is 0. The first-order valence-electron chi connectivity index (χ1n) is 7.82. The lowest BCUT2D eigenvalue weighted by Crippen LogP contribution is -2.15. The maximum atomic E-state index is 4.52. The maximum Gasteiger partial charge on any atom is 0.211 e. The van der Waals surface area contributed by atoms with Gasteiger partial charge in [0, 0.05) is 17.6 Å². The van der Waals surface area contributed by atoms with Crippen molar-refractivity contribution in [2.75, 3.05) is 0 Å². The van der Waals surface area contributed by atoms with Crippen molar-refractivity contribution in [1.82, 2.24) is 4.57 Å². The minimum Gasteiger partial charge on any atom is -0.311 e. The molecule has 4 heteroatoms. The molecule has 0 bridgehead atoms. The van der Waals surface area contributed by atoms with Crippen LogP contribution in [0, 0.1) is 0 Å². The van der Waals surface area contributed by atoms with Gasteiger partial charge in [-0.3, -0.25) is 0 Å². The first-order chi connectivity index (χ1) is 10.9. The Morgan fingerprint density at radius 2 is 1.86 bits per heavy atom. The van der Waals surface area contributed by atoms with Crippen molar-refractivity contribution in [2.24, 2.45) is 10.2 Å². The van der Waals surface area contributed by atoms with Gasteiger partial charge in [0.15, 0.2) is 0 Å². The number of aromatic nitrogens is 1. The van der Waals surface area contributed by atoms with E-state index in [2.05, 4.69) is 51.0 Å². The zero-order valence-corrected chi connectivity index (χ0v) is 13.6. The van der Waals surface area contributed by atoms with E-state index in [0.29, 0.717) is 0 Å². The second kappa shape index (κ2) is 7.36. The summed E-state index contributed by atoms with van der Waals surface area (Å²) in [6.07, 6.45) is 7.93. The molecule has 114 valence electrons. The second-order valence-electron chi connectivity index (χ2n) is 5.50. The standard InChI is InChI=1S/C18H21N3S/c1-2-13-21-17(15-9-5-3-6-10-15)14-22-18(21)20-19-16-11-7-4-8-12-16/h2-3,5-6,9-10,14H,1,4,7-8,11-13H2/b20-18+. The van der Waals surface area contributed by atoms with Crippen LogP contribution in [0.25, 0.3) is 11.3 Å². The Kier molecular flexibility index (Phi) is 5.01. The number of allylic oxidation sites excluding steroid dienone is 1. The highest BCUT2D eigenvalue weighted by atomic mass is 32.1. The van der Waals surface area contributed by atoms with Crippen molar-refractivity contribution in [3.63, 3.8) is 0 Å². The van der Waals surface area contributed by atoms with Crippen molar-refractivity contribution in [1.29, 1.82) is 0 Å². The summed E-state index contributed by atoms with van der Waals surface area (Å²) in [5.74, 6) is 0. The zero-order valence-electron chi connectivity index (χ0n) is 12.7. The topological polar surface area (TPSA) is 29.6 Å². The smallest absolute Gasteiger partial charge is 0.211 e. The highest BCUT2D eigenvalue weighted by Gasteiger charge is 2.08. The molecule has 0 saturated heterocycles. The lowest BCUT2D eigenvalue weighted by atomic mass is 9.99. The van der Waals surface area contributed by atoms with E-state index in [1.807, 2.05) is 12.1 Å². The third-order valence-electron chi connectivity index (χ3n) is 3.89. The molecule has 0 aliphatic heterocycles. The molecule has 0 spiro atoms. The van der Waals surface area contributed by atoms with Crippen molar-refractivity contribution < 1.29 is 0 Å². The van der Waals surface area contributed by atoms with Crippen molar-refractivity contribution >= 4 is 17.0 Å². The third kappa shape index (κ3) is 3.45. The molecular formula is C18H21N3S. The Balaban J connectivity index is 1.98. The van der Waals surface area contributed by atoms with E-state index in [9.17, 15) is 0 Å². The van der Waals surface area contributed by atoms with E-state index < -0.39 is 0 Å². The Morgan fingerprint density at radius 3 is 2.59 bits per heavy atom. The van der Waals surface area contributed by atoms with Crippen molar-refractivity contribution in [2.45, 2.75) is 38.6 Å². The highest BCUT2D eigenvalue weighted by Crippen LogP contribution is 2.20. The Labute approximate surface area is 135 Å². The largest absolute Gasteiger partial charge is 0.311 e. The lowest BCUT2D eigenvalue weighted by Gasteiger charge is -2.10. The Bertz CT molecular complexity index is 714. The predicted octanol–water partition coefficient (Wildman–Crippen LogP) is 4.62. The summed E-state index contributed by atoms with van der Waals surface area (Å²) in [6, 6.07) is 10.4. The molecule has 1 aromatic carbocycles. The van der Waals surface area contributed by atoms with Gasteiger partial charge in [-0.1, -0.05) is 42.8 Å². The molecule has 1 saturated carbocycles. The average Bonchev–Trinajstić information content (AvgIpc) is 2.98. The SMILES string of the molecule is C=CCn1c(-c2ccccc2)cs/c1=N/N=C1CCCCC1. The number of thiazole rings is 1. The fourth-order valence-electron chi connectivity index (χ4n) is 2.73. The molecule has 3 rings (SSSR count). The number of nitrogens with zero attached hydrogens (tertiary/aromatic N) is 3. The van der Waals surface area contributed by atoms with Gasteiger partial charge < -0.3 is 4.57 Å². The normalized spacial score (nSPS) is 15.8. The molecule has 22 heavy (non-hydrogen) atoms. The second-order valence-corrected chi connectivity index (χ2v) is 6.33. The van der Waals surface area contributed by atoms with E-state index >= 15 is 0 Å². The molecule has 1 aliphatic rings. The van der Waals surface area contributed by atoms with Gasteiger partial charge in [-0.15, -0.1) is 23.0 Å². The van der Waals surface area contributed by atoms with Gasteiger partial charge in [0.2, 0.25) is 4.80 Å². The molecule has 1 aromatic heterocycles. The summed E-state index contributed by atoms with van der Waals surface area (Å²) in [4.78, 5) is 0.942. The van der Waals surface area contributed by atoms with Crippen molar-refractivity contribution in [3.8, 4) is 11.3 Å². The van der Waals surface area contributed by atoms with Crippen LogP contribution in [0.5, 0.6) is 0 Å². The van der Waals surface area contributed by atoms with E-state index in [4.69, 9.17) is 0 Å². The minimum atomic E-state index is 0.747. The first-order valence-corrected chi connectivity index (χ1v) is 8.70. The summed E-state index contributed by atoms with van der Waals surface area (Å²) in [7, 11) is 0. The van der Waals surface area contributed by atoms with Crippen LogP contribution >= 0.6 is 11.3 Å². The van der Waals surface area contributed by atoms with Crippen LogP contribution in [0.1, 0.15) is 32.1 Å². The molecule has 1 heterocycles. The lowest BCUT2D eigenvalue weighted by molar-refractivity contribution is 0.662. The fraction of sp³-hybridized carbons (Fsp3) is 0.333. The quantitative estimate of drug-likeness (QED) is 0.582. The van der Waals surface area contributed by atoms with Crippen LogP contribution < -0.4 is 4.80 Å². The molecule has 0 atom stereocenters. The Morgan fingerprint density at radius 1 is 1.09 bits per heavy atom. The van der Waals surface area contributed by atoms with Gasteiger partial charge >= 0.3 is 0 Å². The summed E-state index contributed by atoms with van der Waals surface area (Å²) in [6.45, 7) is 4.62. The van der Waals surface area contributed by atoms with Crippen LogP contribution in [0.3, 0.4) is 0 Å². The fourth-order valence-corrected chi connectivity index (χ4v) is 3.60. The van der Waals surface area contributed by atoms with Crippen LogP contribution in [-0.2, 0) is 6.54 Å². The predicted molar refractivity (Wildman–Crippen MR) is 94.0 cm³/mol. The van der Waals surface area contributed by atoms with E-state index in [1.54, 1.807) is 11.3 Å². The van der Waals surface area contributed by atoms with Gasteiger partial charge in [-0.25, -0.2) is 0 Å². The summed E-state index contributed by atoms with van der Waals surface area (Å²) < 4.78 is 2.18. The first kappa shape index (κ1) is 15.0. The number of rotatable bonds is 4. The molecule has 2 aromatic rings. The van der Waals surface area contributed by atoms with Crippen LogP contribution in [0.2, 0.25) is 0 Å². The maximum absolute atomic E-state index is 4.52. The summed E-state index contributed by atoms with van der Waals surface area (Å²) >= 11 is 1.64. The van der Waals surface area contributed by atoms with E-state index in [-0.39, 0.29) is 0 Å². The van der Waals surface area contributed by atoms with Gasteiger partial charge in [0.1, 0.15) is 0 Å². The van der Waals surface area contributed by atoms with Crippen LogP contribution in [0.15, 0.2) is 58.6 Å². The molecule has 0 radical (unpaired) electrons. The van der Waals surface area contributed by atoms with Gasteiger partial charge in [0.25, 0.3) is 0 Å². The summed E-state index contributed by atoms with van der Waals surface area (Å²) in [5.41, 5.74) is 3.62. The minimum absolute atomic E-state index is 0.747. The summed E-state index contributed by atoms with van der Waals surface area (Å²) in [5, 5.41) is 11.2. The zero-order chi connectivity index (χ0) is 15.2. The van der Waals surface area contributed by atoms with Crippen molar-refractivity contribution in [3.05, 3.63) is 53.2 Å².